The first kappa shape index (κ1) is 18.7. The predicted octanol–water partition coefficient (Wildman–Crippen LogP) is 5.58. The van der Waals surface area contributed by atoms with Gasteiger partial charge in [-0.25, -0.2) is 0 Å². The molecule has 2 saturated carbocycles. The molecule has 2 rings (SSSR count). The quantitative estimate of drug-likeness (QED) is 0.410. The van der Waals surface area contributed by atoms with E-state index in [0.29, 0.717) is 12.3 Å². The van der Waals surface area contributed by atoms with E-state index in [0.717, 1.165) is 30.3 Å². The van der Waals surface area contributed by atoms with Crippen molar-refractivity contribution in [3.8, 4) is 0 Å². The van der Waals surface area contributed by atoms with E-state index in [4.69, 9.17) is 0 Å². The first-order chi connectivity index (χ1) is 11.3. The van der Waals surface area contributed by atoms with Crippen LogP contribution >= 0.6 is 0 Å². The van der Waals surface area contributed by atoms with Crippen LogP contribution in [0.4, 0.5) is 0 Å². The minimum Gasteiger partial charge on any atom is -0.303 e. The lowest BCUT2D eigenvalue weighted by Gasteiger charge is -2.38. The van der Waals surface area contributed by atoms with Gasteiger partial charge in [-0.3, -0.25) is 0 Å². The Hall–Kier alpha value is -0.660. The second-order valence-corrected chi connectivity index (χ2v) is 8.15. The summed E-state index contributed by atoms with van der Waals surface area (Å²) in [4.78, 5) is 21.9. The zero-order valence-electron chi connectivity index (χ0n) is 15.1. The number of carbonyl (C=O) groups excluding carboxylic acids is 2. The van der Waals surface area contributed by atoms with E-state index in [-0.39, 0.29) is 5.92 Å². The van der Waals surface area contributed by atoms with Crippen LogP contribution in [0.1, 0.15) is 90.4 Å². The number of aldehydes is 2. The SMILES string of the molecule is CCCCCC1CCC(C2CCC(C(C=O)CC=O)CC2)CC1. The van der Waals surface area contributed by atoms with E-state index in [1.807, 2.05) is 0 Å². The van der Waals surface area contributed by atoms with Crippen LogP contribution in [-0.2, 0) is 9.59 Å². The van der Waals surface area contributed by atoms with Gasteiger partial charge in [-0.15, -0.1) is 0 Å². The van der Waals surface area contributed by atoms with Gasteiger partial charge in [0.1, 0.15) is 12.6 Å². The van der Waals surface area contributed by atoms with Crippen molar-refractivity contribution in [3.05, 3.63) is 0 Å². The summed E-state index contributed by atoms with van der Waals surface area (Å²) < 4.78 is 0. The van der Waals surface area contributed by atoms with Crippen LogP contribution in [0.5, 0.6) is 0 Å². The molecule has 2 nitrogen and oxygen atoms in total. The van der Waals surface area contributed by atoms with Gasteiger partial charge in [0.2, 0.25) is 0 Å². The lowest BCUT2D eigenvalue weighted by Crippen LogP contribution is -2.28. The number of unbranched alkanes of at least 4 members (excludes halogenated alkanes) is 2. The minimum absolute atomic E-state index is 0.0113. The van der Waals surface area contributed by atoms with E-state index in [1.165, 1.54) is 77.0 Å². The van der Waals surface area contributed by atoms with Crippen LogP contribution < -0.4 is 0 Å². The van der Waals surface area contributed by atoms with Crippen LogP contribution in [0.3, 0.4) is 0 Å². The Morgan fingerprint density at radius 1 is 0.870 bits per heavy atom. The van der Waals surface area contributed by atoms with Crippen molar-refractivity contribution in [2.75, 3.05) is 0 Å². The van der Waals surface area contributed by atoms with Crippen LogP contribution in [0, 0.1) is 29.6 Å². The maximum Gasteiger partial charge on any atom is 0.123 e. The molecule has 0 aromatic carbocycles. The molecular weight excluding hydrogens is 284 g/mol. The highest BCUT2D eigenvalue weighted by Crippen LogP contribution is 2.43. The number of hydrogen-bond donors (Lipinski definition) is 0. The molecule has 0 aliphatic heterocycles. The zero-order chi connectivity index (χ0) is 16.5. The lowest BCUT2D eigenvalue weighted by atomic mass is 9.67. The third-order valence-electron chi connectivity index (χ3n) is 6.74. The lowest BCUT2D eigenvalue weighted by molar-refractivity contribution is -0.117. The van der Waals surface area contributed by atoms with Gasteiger partial charge in [0.15, 0.2) is 0 Å². The second-order valence-electron chi connectivity index (χ2n) is 8.15. The fourth-order valence-electron chi connectivity index (χ4n) is 5.15. The second kappa shape index (κ2) is 10.3. The van der Waals surface area contributed by atoms with E-state index in [1.54, 1.807) is 0 Å². The van der Waals surface area contributed by atoms with Gasteiger partial charge < -0.3 is 9.59 Å². The van der Waals surface area contributed by atoms with Gasteiger partial charge in [0, 0.05) is 12.3 Å². The molecule has 23 heavy (non-hydrogen) atoms. The Morgan fingerprint density at radius 3 is 2.00 bits per heavy atom. The third kappa shape index (κ3) is 5.72. The summed E-state index contributed by atoms with van der Waals surface area (Å²) in [5, 5.41) is 0. The number of rotatable bonds is 9. The van der Waals surface area contributed by atoms with Gasteiger partial charge in [0.05, 0.1) is 0 Å². The molecule has 0 saturated heterocycles. The number of hydrogen-bond acceptors (Lipinski definition) is 2. The van der Waals surface area contributed by atoms with Crippen LogP contribution in [0.15, 0.2) is 0 Å². The summed E-state index contributed by atoms with van der Waals surface area (Å²) in [6.45, 7) is 2.29. The van der Waals surface area contributed by atoms with Gasteiger partial charge >= 0.3 is 0 Å². The zero-order valence-corrected chi connectivity index (χ0v) is 15.1. The Kier molecular flexibility index (Phi) is 8.33. The van der Waals surface area contributed by atoms with Crippen LogP contribution in [0.25, 0.3) is 0 Å². The summed E-state index contributed by atoms with van der Waals surface area (Å²) in [6.07, 6.45) is 18.7. The van der Waals surface area contributed by atoms with E-state index in [2.05, 4.69) is 6.92 Å². The molecule has 0 spiro atoms. The molecule has 0 radical (unpaired) electrons. The van der Waals surface area contributed by atoms with Gasteiger partial charge in [0.25, 0.3) is 0 Å². The molecule has 132 valence electrons. The van der Waals surface area contributed by atoms with Crippen molar-refractivity contribution < 1.29 is 9.59 Å². The molecule has 2 fully saturated rings. The Balaban J connectivity index is 1.68. The predicted molar refractivity (Wildman–Crippen MR) is 95.3 cm³/mol. The largest absolute Gasteiger partial charge is 0.303 e. The molecule has 2 heteroatoms. The van der Waals surface area contributed by atoms with Crippen molar-refractivity contribution in [2.45, 2.75) is 90.4 Å². The monoisotopic (exact) mass is 320 g/mol. The molecule has 0 heterocycles. The van der Waals surface area contributed by atoms with Crippen LogP contribution in [0.2, 0.25) is 0 Å². The highest BCUT2D eigenvalue weighted by molar-refractivity contribution is 5.62. The first-order valence-corrected chi connectivity index (χ1v) is 10.2. The Labute approximate surface area is 142 Å². The molecule has 0 aromatic heterocycles. The van der Waals surface area contributed by atoms with Crippen molar-refractivity contribution in [1.29, 1.82) is 0 Å². The standard InChI is InChI=1S/C21H36O2/c1-2-3-4-5-17-6-8-18(9-7-17)19-10-12-20(13-11-19)21(16-23)14-15-22/h15-21H,2-14H2,1H3. The maximum atomic E-state index is 11.2. The van der Waals surface area contributed by atoms with Gasteiger partial charge in [-0.05, 0) is 62.2 Å². The minimum atomic E-state index is -0.0113. The van der Waals surface area contributed by atoms with Crippen molar-refractivity contribution in [1.82, 2.24) is 0 Å². The van der Waals surface area contributed by atoms with Crippen LogP contribution in [-0.4, -0.2) is 12.6 Å². The summed E-state index contributed by atoms with van der Waals surface area (Å²) >= 11 is 0. The molecule has 0 bridgehead atoms. The molecule has 0 N–H and O–H groups in total. The van der Waals surface area contributed by atoms with E-state index in [9.17, 15) is 9.59 Å². The average molecular weight is 321 g/mol. The molecule has 1 atom stereocenters. The fraction of sp³-hybridized carbons (Fsp3) is 0.905. The first-order valence-electron chi connectivity index (χ1n) is 10.2. The topological polar surface area (TPSA) is 34.1 Å². The Bertz CT molecular complexity index is 336. The maximum absolute atomic E-state index is 11.2. The van der Waals surface area contributed by atoms with E-state index < -0.39 is 0 Å². The number of carbonyl (C=O) groups is 2. The molecule has 2 aliphatic rings. The molecule has 0 amide bonds. The average Bonchev–Trinajstić information content (AvgIpc) is 2.61. The summed E-state index contributed by atoms with van der Waals surface area (Å²) in [6, 6.07) is 0. The highest BCUT2D eigenvalue weighted by atomic mass is 16.1. The molecule has 0 aromatic rings. The van der Waals surface area contributed by atoms with Gasteiger partial charge in [-0.2, -0.15) is 0 Å². The Morgan fingerprint density at radius 2 is 1.48 bits per heavy atom. The normalized spacial score (nSPS) is 33.1. The smallest absolute Gasteiger partial charge is 0.123 e. The fourth-order valence-corrected chi connectivity index (χ4v) is 5.15. The summed E-state index contributed by atoms with van der Waals surface area (Å²) in [5.41, 5.74) is 0. The van der Waals surface area contributed by atoms with E-state index >= 15 is 0 Å². The molecule has 1 unspecified atom stereocenters. The molecule has 2 aliphatic carbocycles. The van der Waals surface area contributed by atoms with Crippen molar-refractivity contribution in [2.24, 2.45) is 29.6 Å². The van der Waals surface area contributed by atoms with Crippen molar-refractivity contribution in [3.63, 3.8) is 0 Å². The summed E-state index contributed by atoms with van der Waals surface area (Å²) in [7, 11) is 0. The van der Waals surface area contributed by atoms with Gasteiger partial charge in [-0.1, -0.05) is 45.4 Å². The highest BCUT2D eigenvalue weighted by Gasteiger charge is 2.32. The third-order valence-corrected chi connectivity index (χ3v) is 6.74. The molecular formula is C21H36O2. The summed E-state index contributed by atoms with van der Waals surface area (Å²) in [5.74, 6) is 3.30. The van der Waals surface area contributed by atoms with Crippen molar-refractivity contribution >= 4 is 12.6 Å².